The summed E-state index contributed by atoms with van der Waals surface area (Å²) in [7, 11) is 0. The smallest absolute Gasteiger partial charge is 0.121 e. The second kappa shape index (κ2) is 12.7. The van der Waals surface area contributed by atoms with Gasteiger partial charge < -0.3 is 14.4 Å². The molecule has 3 aromatic heterocycles. The maximum Gasteiger partial charge on any atom is 0.121 e. The number of aryl methyl sites for hydroxylation is 1. The van der Waals surface area contributed by atoms with Crippen LogP contribution in [0.4, 0.5) is 0 Å². The number of hydrogen-bond donors (Lipinski definition) is 0. The van der Waals surface area contributed by atoms with Gasteiger partial charge in [0.05, 0.1) is 5.58 Å². The van der Waals surface area contributed by atoms with Crippen molar-refractivity contribution in [1.82, 2.24) is 9.97 Å². The molecule has 0 aliphatic carbocycles. The molecule has 0 saturated carbocycles. The summed E-state index contributed by atoms with van der Waals surface area (Å²) in [6, 6.07) is 40.9. The summed E-state index contributed by atoms with van der Waals surface area (Å²) in [4.78, 5) is 8.56. The van der Waals surface area contributed by atoms with E-state index in [0.717, 1.165) is 22.0 Å². The summed E-state index contributed by atoms with van der Waals surface area (Å²) in [5.74, 6) is 0. The molecular formula is C36H26IrN2O-2. The molecule has 0 saturated heterocycles. The Morgan fingerprint density at radius 3 is 2.38 bits per heavy atom. The maximum absolute atomic E-state index is 8.63. The predicted molar refractivity (Wildman–Crippen MR) is 158 cm³/mol. The first-order valence-corrected chi connectivity index (χ1v) is 12.5. The molecule has 0 unspecified atom stereocenters. The first-order valence-electron chi connectivity index (χ1n) is 15.0. The van der Waals surface area contributed by atoms with Gasteiger partial charge in [0.25, 0.3) is 0 Å². The molecule has 0 spiro atoms. The van der Waals surface area contributed by atoms with Gasteiger partial charge in [-0.15, -0.1) is 54.1 Å². The van der Waals surface area contributed by atoms with Crippen LogP contribution in [-0.4, -0.2) is 9.97 Å². The van der Waals surface area contributed by atoms with E-state index in [-0.39, 0.29) is 25.7 Å². The van der Waals surface area contributed by atoms with Crippen LogP contribution < -0.4 is 0 Å². The molecule has 0 amide bonds. The van der Waals surface area contributed by atoms with Crippen molar-refractivity contribution < 1.29 is 31.4 Å². The summed E-state index contributed by atoms with van der Waals surface area (Å²) in [5, 5.41) is 1.68. The molecule has 4 heteroatoms. The Balaban J connectivity index is 0.000000258. The molecule has 1 radical (unpaired) electrons. The third-order valence-electron chi connectivity index (χ3n) is 6.16. The van der Waals surface area contributed by atoms with Crippen molar-refractivity contribution in [3.05, 3.63) is 156 Å². The van der Waals surface area contributed by atoms with E-state index in [2.05, 4.69) is 22.1 Å². The number of benzene rings is 4. The van der Waals surface area contributed by atoms with E-state index < -0.39 is 13.2 Å². The van der Waals surface area contributed by atoms with E-state index in [0.29, 0.717) is 33.6 Å². The zero-order valence-electron chi connectivity index (χ0n) is 26.3. The molecule has 3 nitrogen and oxygen atoms in total. The van der Waals surface area contributed by atoms with E-state index in [1.807, 2.05) is 72.8 Å². The van der Waals surface area contributed by atoms with E-state index in [1.54, 1.807) is 36.5 Å². The summed E-state index contributed by atoms with van der Waals surface area (Å²) >= 11 is 0. The number of fused-ring (bicyclic) bond motifs is 3. The molecule has 40 heavy (non-hydrogen) atoms. The summed E-state index contributed by atoms with van der Waals surface area (Å²) in [6.07, 6.45) is 1.58. The fourth-order valence-electron chi connectivity index (χ4n) is 4.34. The Hall–Kier alpha value is -4.37. The zero-order chi connectivity index (χ0) is 30.7. The van der Waals surface area contributed by atoms with E-state index in [1.165, 1.54) is 18.3 Å². The molecule has 0 aliphatic rings. The molecule has 197 valence electrons. The van der Waals surface area contributed by atoms with Crippen LogP contribution >= 0.6 is 0 Å². The first-order chi connectivity index (χ1) is 21.2. The van der Waals surface area contributed by atoms with Crippen LogP contribution in [0.3, 0.4) is 0 Å². The topological polar surface area (TPSA) is 38.9 Å². The molecular weight excluding hydrogens is 669 g/mol. The molecule has 3 heterocycles. The van der Waals surface area contributed by atoms with E-state index in [9.17, 15) is 0 Å². The Labute approximate surface area is 254 Å². The molecule has 4 aromatic carbocycles. The average molecular weight is 700 g/mol. The summed E-state index contributed by atoms with van der Waals surface area (Å²) in [6.45, 7) is -2.24. The van der Waals surface area contributed by atoms with E-state index in [4.69, 9.17) is 11.3 Å². The second-order valence-corrected chi connectivity index (χ2v) is 8.82. The van der Waals surface area contributed by atoms with Gasteiger partial charge >= 0.3 is 0 Å². The normalized spacial score (nSPS) is 13.1. The largest absolute Gasteiger partial charge is 0.501 e. The van der Waals surface area contributed by atoms with Crippen LogP contribution in [0.25, 0.3) is 44.5 Å². The standard InChI is InChI=1S/C25H18NO.C11H8N.Ir/c1-17-12-13-26-23(14-17)22-9-5-8-21-20-11-10-19(16-24(20)27-25(21)22)15-18-6-3-2-4-7-18;1-2-6-10(7-3-1)11-8-4-5-9-12-11;/h2-8,10-14,16H,15H2,1H3;1-6,8-9H;/q2*-1;/i1D3,15D2;;. The van der Waals surface area contributed by atoms with Gasteiger partial charge in [0.15, 0.2) is 0 Å². The van der Waals surface area contributed by atoms with Crippen molar-refractivity contribution in [2.24, 2.45) is 0 Å². The van der Waals surface area contributed by atoms with Crippen molar-refractivity contribution in [2.75, 3.05) is 0 Å². The number of rotatable bonds is 4. The van der Waals surface area contributed by atoms with Crippen LogP contribution in [0, 0.1) is 19.0 Å². The number of furan rings is 1. The van der Waals surface area contributed by atoms with Gasteiger partial charge in [-0.3, -0.25) is 0 Å². The van der Waals surface area contributed by atoms with Crippen molar-refractivity contribution in [1.29, 1.82) is 0 Å². The number of nitrogens with zero attached hydrogens (tertiary/aromatic N) is 2. The van der Waals surface area contributed by atoms with Gasteiger partial charge in [-0.2, -0.15) is 0 Å². The molecule has 7 aromatic rings. The second-order valence-electron chi connectivity index (χ2n) is 8.82. The Kier molecular flexibility index (Phi) is 6.79. The Bertz CT molecular complexity index is 1990. The monoisotopic (exact) mass is 700 g/mol. The van der Waals surface area contributed by atoms with Crippen molar-refractivity contribution in [3.63, 3.8) is 0 Å². The zero-order valence-corrected chi connectivity index (χ0v) is 23.7. The predicted octanol–water partition coefficient (Wildman–Crippen LogP) is 8.89. The minimum Gasteiger partial charge on any atom is -0.501 e. The van der Waals surface area contributed by atoms with Crippen LogP contribution in [0.5, 0.6) is 0 Å². The van der Waals surface area contributed by atoms with Gasteiger partial charge in [-0.05, 0) is 53.9 Å². The third-order valence-corrected chi connectivity index (χ3v) is 6.16. The van der Waals surface area contributed by atoms with Crippen LogP contribution in [0.2, 0.25) is 0 Å². The SMILES string of the molecule is [2H]C([2H])([2H])c1ccnc(-c2[c-]ccc3c2oc2cc(C([2H])([2H])c4ccccc4)ccc23)c1.[Ir].[c-]1ccccc1-c1ccccn1. The first kappa shape index (κ1) is 21.5. The molecule has 0 atom stereocenters. The van der Waals surface area contributed by atoms with Gasteiger partial charge in [-0.1, -0.05) is 77.2 Å². The third kappa shape index (κ3) is 6.10. The fraction of sp³-hybridized carbons (Fsp3) is 0.0556. The summed E-state index contributed by atoms with van der Waals surface area (Å²) < 4.78 is 46.4. The molecule has 0 fully saturated rings. The quantitative estimate of drug-likeness (QED) is 0.172. The molecule has 0 aliphatic heterocycles. The molecule has 0 bridgehead atoms. The van der Waals surface area contributed by atoms with Crippen LogP contribution in [0.1, 0.15) is 23.5 Å². The molecule has 0 N–H and O–H groups in total. The average Bonchev–Trinajstić information content (AvgIpc) is 3.44. The van der Waals surface area contributed by atoms with E-state index >= 15 is 0 Å². The van der Waals surface area contributed by atoms with Crippen LogP contribution in [0.15, 0.2) is 132 Å². The fourth-order valence-corrected chi connectivity index (χ4v) is 4.34. The minimum absolute atomic E-state index is 0. The van der Waals surface area contributed by atoms with Crippen molar-refractivity contribution in [3.8, 4) is 22.5 Å². The number of aromatic nitrogens is 2. The number of pyridine rings is 2. The summed E-state index contributed by atoms with van der Waals surface area (Å²) in [5.41, 5.74) is 5.37. The number of hydrogen-bond acceptors (Lipinski definition) is 3. The Morgan fingerprint density at radius 2 is 1.57 bits per heavy atom. The minimum atomic E-state index is -2.24. The maximum atomic E-state index is 8.63. The van der Waals surface area contributed by atoms with Gasteiger partial charge in [0, 0.05) is 44.7 Å². The molecule has 7 rings (SSSR count). The van der Waals surface area contributed by atoms with Gasteiger partial charge in [-0.25, -0.2) is 0 Å². The van der Waals surface area contributed by atoms with Gasteiger partial charge in [0.2, 0.25) is 0 Å². The van der Waals surface area contributed by atoms with Crippen LogP contribution in [-0.2, 0) is 26.5 Å². The van der Waals surface area contributed by atoms with Crippen molar-refractivity contribution in [2.45, 2.75) is 13.2 Å². The van der Waals surface area contributed by atoms with Crippen molar-refractivity contribution >= 4 is 21.9 Å². The van der Waals surface area contributed by atoms with Gasteiger partial charge in [0.1, 0.15) is 5.58 Å². The Morgan fingerprint density at radius 1 is 0.725 bits per heavy atom.